The molecule has 0 saturated carbocycles. The fourth-order valence-corrected chi connectivity index (χ4v) is 5.58. The number of rotatable bonds is 5. The molecule has 0 bridgehead atoms. The van der Waals surface area contributed by atoms with Crippen LogP contribution < -0.4 is 5.32 Å². The Hall–Kier alpha value is -2.32. The van der Waals surface area contributed by atoms with Crippen LogP contribution >= 0.6 is 23.1 Å². The van der Waals surface area contributed by atoms with Gasteiger partial charge in [-0.3, -0.25) is 4.79 Å². The van der Waals surface area contributed by atoms with Crippen LogP contribution in [0.15, 0.2) is 40.4 Å². The van der Waals surface area contributed by atoms with Gasteiger partial charge in [-0.25, -0.2) is 4.79 Å². The second-order valence-corrected chi connectivity index (χ2v) is 8.26. The number of esters is 1. The van der Waals surface area contributed by atoms with Crippen molar-refractivity contribution in [3.8, 4) is 0 Å². The summed E-state index contributed by atoms with van der Waals surface area (Å²) in [5, 5.41) is 16.4. The molecule has 0 spiro atoms. The number of hydrogen-bond donors (Lipinski definition) is 2. The van der Waals surface area contributed by atoms with Gasteiger partial charge >= 0.3 is 5.97 Å². The third-order valence-corrected chi connectivity index (χ3v) is 6.56. The number of hydrogen-bond acceptors (Lipinski definition) is 7. The van der Waals surface area contributed by atoms with Crippen molar-refractivity contribution in [1.82, 2.24) is 0 Å². The van der Waals surface area contributed by atoms with Gasteiger partial charge < -0.3 is 15.3 Å². The van der Waals surface area contributed by atoms with E-state index in [1.807, 2.05) is 30.3 Å². The van der Waals surface area contributed by atoms with Gasteiger partial charge in [-0.2, -0.15) is 0 Å². The average molecular weight is 405 g/mol. The molecule has 142 valence electrons. The van der Waals surface area contributed by atoms with Crippen LogP contribution in [0.25, 0.3) is 0 Å². The van der Waals surface area contributed by atoms with Crippen molar-refractivity contribution in [3.63, 3.8) is 0 Å². The number of anilines is 1. The lowest BCUT2D eigenvalue weighted by Crippen LogP contribution is -2.25. The first-order valence-corrected chi connectivity index (χ1v) is 10.3. The Morgan fingerprint density at radius 1 is 1.37 bits per heavy atom. The van der Waals surface area contributed by atoms with Crippen molar-refractivity contribution in [2.45, 2.75) is 36.8 Å². The monoisotopic (exact) mass is 404 g/mol. The van der Waals surface area contributed by atoms with E-state index in [0.717, 1.165) is 15.3 Å². The normalized spacial score (nSPS) is 17.4. The molecule has 1 atom stereocenters. The number of benzene rings is 1. The highest BCUT2D eigenvalue weighted by Gasteiger charge is 2.35. The Bertz CT molecular complexity index is 877. The van der Waals surface area contributed by atoms with Gasteiger partial charge in [-0.15, -0.1) is 23.1 Å². The second-order valence-electron chi connectivity index (χ2n) is 5.96. The Balaban J connectivity index is 1.99. The van der Waals surface area contributed by atoms with Crippen LogP contribution in [0.5, 0.6) is 0 Å². The molecular weight excluding hydrogens is 384 g/mol. The highest BCUT2D eigenvalue weighted by Crippen LogP contribution is 2.42. The first-order chi connectivity index (χ1) is 13.0. The Kier molecular flexibility index (Phi) is 6.18. The van der Waals surface area contributed by atoms with Crippen molar-refractivity contribution >= 4 is 45.7 Å². The number of nitrogens with one attached hydrogen (secondary N) is 1. The fourth-order valence-electron chi connectivity index (χ4n) is 3.02. The molecule has 1 aliphatic carbocycles. The van der Waals surface area contributed by atoms with E-state index in [-0.39, 0.29) is 17.8 Å². The lowest BCUT2D eigenvalue weighted by atomic mass is 9.93. The molecule has 27 heavy (non-hydrogen) atoms. The number of oxime groups is 1. The van der Waals surface area contributed by atoms with Crippen molar-refractivity contribution in [2.24, 2.45) is 5.16 Å². The van der Waals surface area contributed by atoms with Gasteiger partial charge in [0, 0.05) is 11.8 Å². The van der Waals surface area contributed by atoms with Crippen LogP contribution in [0.4, 0.5) is 5.00 Å². The Morgan fingerprint density at radius 2 is 2.11 bits per heavy atom. The standard InChI is InChI=1S/C19H20N2O4S2/c1-3-25-19(23)15-13-9-10-14(26-12-7-5-4-6-8-12)16(21-24)17(13)27-18(15)20-11(2)22/h4-8,14,24H,3,9-10H2,1-2H3,(H,20,22)/b21-16-. The van der Waals surface area contributed by atoms with Gasteiger partial charge in [0.25, 0.3) is 0 Å². The van der Waals surface area contributed by atoms with E-state index in [4.69, 9.17) is 4.74 Å². The van der Waals surface area contributed by atoms with Crippen LogP contribution in [0.3, 0.4) is 0 Å². The largest absolute Gasteiger partial charge is 0.462 e. The number of carbonyl (C=O) groups is 2. The predicted octanol–water partition coefficient (Wildman–Crippen LogP) is 4.17. The molecule has 2 N–H and O–H groups in total. The van der Waals surface area contributed by atoms with E-state index in [2.05, 4.69) is 10.5 Å². The number of ether oxygens (including phenoxy) is 1. The maximum Gasteiger partial charge on any atom is 0.341 e. The van der Waals surface area contributed by atoms with Crippen molar-refractivity contribution in [3.05, 3.63) is 46.3 Å². The van der Waals surface area contributed by atoms with E-state index in [1.165, 1.54) is 18.3 Å². The number of carbonyl (C=O) groups excluding carboxylic acids is 2. The molecule has 6 nitrogen and oxygen atoms in total. The molecule has 0 radical (unpaired) electrons. The van der Waals surface area contributed by atoms with E-state index < -0.39 is 5.97 Å². The van der Waals surface area contributed by atoms with E-state index >= 15 is 0 Å². The van der Waals surface area contributed by atoms with E-state index in [0.29, 0.717) is 29.1 Å². The number of thiophene rings is 1. The van der Waals surface area contributed by atoms with Crippen molar-refractivity contribution < 1.29 is 19.5 Å². The summed E-state index contributed by atoms with van der Waals surface area (Å²) in [5.41, 5.74) is 1.67. The van der Waals surface area contributed by atoms with Crippen LogP contribution in [-0.4, -0.2) is 34.7 Å². The quantitative estimate of drug-likeness (QED) is 0.444. The Labute approximate surface area is 165 Å². The van der Waals surface area contributed by atoms with Crippen LogP contribution in [0, 0.1) is 0 Å². The van der Waals surface area contributed by atoms with Crippen LogP contribution in [-0.2, 0) is 16.0 Å². The van der Waals surface area contributed by atoms with Gasteiger partial charge in [-0.1, -0.05) is 23.4 Å². The van der Waals surface area contributed by atoms with Crippen LogP contribution in [0.1, 0.15) is 41.1 Å². The minimum atomic E-state index is -0.467. The summed E-state index contributed by atoms with van der Waals surface area (Å²) >= 11 is 2.88. The summed E-state index contributed by atoms with van der Waals surface area (Å²) in [6.07, 6.45) is 1.36. The lowest BCUT2D eigenvalue weighted by Gasteiger charge is -2.23. The van der Waals surface area contributed by atoms with Gasteiger partial charge in [0.2, 0.25) is 5.91 Å². The van der Waals surface area contributed by atoms with Gasteiger partial charge in [0.1, 0.15) is 10.7 Å². The topological polar surface area (TPSA) is 88.0 Å². The summed E-state index contributed by atoms with van der Waals surface area (Å²) in [6, 6.07) is 9.90. The zero-order valence-electron chi connectivity index (χ0n) is 15.0. The molecule has 1 amide bonds. The third-order valence-electron chi connectivity index (χ3n) is 4.10. The minimum Gasteiger partial charge on any atom is -0.462 e. The van der Waals surface area contributed by atoms with Gasteiger partial charge in [0.15, 0.2) is 0 Å². The molecule has 0 aliphatic heterocycles. The molecular formula is C19H20N2O4S2. The zero-order valence-corrected chi connectivity index (χ0v) is 16.7. The average Bonchev–Trinajstić information content (AvgIpc) is 3.00. The van der Waals surface area contributed by atoms with Crippen LogP contribution in [0.2, 0.25) is 0 Å². The number of thioether (sulfide) groups is 1. The zero-order chi connectivity index (χ0) is 19.4. The summed E-state index contributed by atoms with van der Waals surface area (Å²) in [7, 11) is 0. The van der Waals surface area contributed by atoms with E-state index in [9.17, 15) is 14.8 Å². The molecule has 0 saturated heterocycles. The molecule has 1 heterocycles. The predicted molar refractivity (Wildman–Crippen MR) is 107 cm³/mol. The fraction of sp³-hybridized carbons (Fsp3) is 0.316. The van der Waals surface area contributed by atoms with Crippen molar-refractivity contribution in [2.75, 3.05) is 11.9 Å². The molecule has 1 aliphatic rings. The number of nitrogens with zero attached hydrogens (tertiary/aromatic N) is 1. The first kappa shape index (κ1) is 19.4. The SMILES string of the molecule is CCOC(=O)c1c(NC(C)=O)sc2c1CCC(Sc1ccccc1)/C2=N/O. The Morgan fingerprint density at radius 3 is 2.74 bits per heavy atom. The minimum absolute atomic E-state index is 0.0382. The summed E-state index contributed by atoms with van der Waals surface area (Å²) in [5.74, 6) is -0.734. The first-order valence-electron chi connectivity index (χ1n) is 8.59. The molecule has 3 rings (SSSR count). The second kappa shape index (κ2) is 8.58. The molecule has 1 unspecified atom stereocenters. The highest BCUT2D eigenvalue weighted by atomic mass is 32.2. The van der Waals surface area contributed by atoms with E-state index in [1.54, 1.807) is 18.7 Å². The van der Waals surface area contributed by atoms with Crippen molar-refractivity contribution in [1.29, 1.82) is 0 Å². The van der Waals surface area contributed by atoms with Gasteiger partial charge in [0.05, 0.1) is 22.3 Å². The number of fused-ring (bicyclic) bond motifs is 1. The smallest absolute Gasteiger partial charge is 0.341 e. The molecule has 1 aromatic heterocycles. The molecule has 8 heteroatoms. The summed E-state index contributed by atoms with van der Waals surface area (Å²) in [6.45, 7) is 3.38. The highest BCUT2D eigenvalue weighted by molar-refractivity contribution is 8.00. The number of amides is 1. The van der Waals surface area contributed by atoms with Gasteiger partial charge in [-0.05, 0) is 37.5 Å². The summed E-state index contributed by atoms with van der Waals surface area (Å²) < 4.78 is 5.17. The maximum atomic E-state index is 12.5. The molecule has 0 fully saturated rings. The lowest BCUT2D eigenvalue weighted by molar-refractivity contribution is -0.114. The molecule has 1 aromatic carbocycles. The summed E-state index contributed by atoms with van der Waals surface area (Å²) in [4.78, 5) is 25.9. The molecule has 2 aromatic rings. The maximum absolute atomic E-state index is 12.5. The third kappa shape index (κ3) is 4.17.